The van der Waals surface area contributed by atoms with Gasteiger partial charge in [-0.3, -0.25) is 9.59 Å². The zero-order valence-electron chi connectivity index (χ0n) is 35.9. The van der Waals surface area contributed by atoms with Crippen molar-refractivity contribution < 1.29 is 63.7 Å². The Morgan fingerprint density at radius 3 is 1.19 bits per heavy atom. The van der Waals surface area contributed by atoms with Crippen molar-refractivity contribution in [1.29, 1.82) is 0 Å². The van der Waals surface area contributed by atoms with Gasteiger partial charge in [0.15, 0.2) is 0 Å². The van der Waals surface area contributed by atoms with Crippen LogP contribution in [-0.2, 0) is 19.1 Å². The van der Waals surface area contributed by atoms with E-state index in [9.17, 15) is 54.2 Å². The Labute approximate surface area is 349 Å². The lowest BCUT2D eigenvalue weighted by atomic mass is 10.0. The van der Waals surface area contributed by atoms with E-state index in [4.69, 9.17) is 9.47 Å². The highest BCUT2D eigenvalue weighted by atomic mass is 19.4. The average molecular weight is 872 g/mol. The first-order chi connectivity index (χ1) is 28.0. The molecule has 0 bridgehead atoms. The maximum absolute atomic E-state index is 12.7. The van der Waals surface area contributed by atoms with Gasteiger partial charge < -0.3 is 19.5 Å². The van der Waals surface area contributed by atoms with Crippen LogP contribution in [0.3, 0.4) is 0 Å². The molecule has 352 valence electrons. The van der Waals surface area contributed by atoms with E-state index in [2.05, 4.69) is 4.90 Å². The van der Waals surface area contributed by atoms with Crippen molar-refractivity contribution in [3.05, 3.63) is 0 Å². The zero-order valence-corrected chi connectivity index (χ0v) is 35.9. The smallest absolute Gasteiger partial charge is 0.389 e. The summed E-state index contributed by atoms with van der Waals surface area (Å²) in [4.78, 5) is 26.9. The van der Waals surface area contributed by atoms with E-state index in [1.54, 1.807) is 0 Å². The number of carbonyl (C=O) groups is 2. The van der Waals surface area contributed by atoms with Crippen LogP contribution >= 0.6 is 0 Å². The highest BCUT2D eigenvalue weighted by molar-refractivity contribution is 5.69. The van der Waals surface area contributed by atoms with Crippen LogP contribution in [-0.4, -0.2) is 79.4 Å². The van der Waals surface area contributed by atoms with Gasteiger partial charge in [-0.25, -0.2) is 0 Å². The Bertz CT molecular complexity index is 952. The van der Waals surface area contributed by atoms with Crippen molar-refractivity contribution in [2.24, 2.45) is 0 Å². The van der Waals surface area contributed by atoms with Crippen LogP contribution in [0.25, 0.3) is 0 Å². The minimum absolute atomic E-state index is 0.0707. The zero-order chi connectivity index (χ0) is 44.1. The van der Waals surface area contributed by atoms with E-state index in [0.29, 0.717) is 77.4 Å². The van der Waals surface area contributed by atoms with Crippen LogP contribution in [0.5, 0.6) is 0 Å². The minimum Gasteiger partial charge on any atom is -0.466 e. The maximum Gasteiger partial charge on any atom is 0.389 e. The second-order valence-electron chi connectivity index (χ2n) is 16.3. The number of aliphatic hydroxyl groups excluding tert-OH is 1. The molecule has 15 heteroatoms. The Kier molecular flexibility index (Phi) is 35.7. The maximum atomic E-state index is 12.7. The summed E-state index contributed by atoms with van der Waals surface area (Å²) < 4.78 is 122. The molecule has 0 saturated carbocycles. The summed E-state index contributed by atoms with van der Waals surface area (Å²) >= 11 is 0. The van der Waals surface area contributed by atoms with E-state index in [1.807, 2.05) is 0 Å². The summed E-state index contributed by atoms with van der Waals surface area (Å²) in [6.45, 7) is 2.74. The Balaban J connectivity index is 4.10. The Morgan fingerprint density at radius 1 is 0.424 bits per heavy atom. The third-order valence-corrected chi connectivity index (χ3v) is 10.5. The van der Waals surface area contributed by atoms with Crippen molar-refractivity contribution >= 4 is 11.9 Å². The summed E-state index contributed by atoms with van der Waals surface area (Å²) in [5.74, 6) is -0.463. The van der Waals surface area contributed by atoms with Crippen molar-refractivity contribution in [3.8, 4) is 0 Å². The van der Waals surface area contributed by atoms with Gasteiger partial charge in [0.1, 0.15) is 6.10 Å². The van der Waals surface area contributed by atoms with Gasteiger partial charge in [-0.1, -0.05) is 103 Å². The lowest BCUT2D eigenvalue weighted by Crippen LogP contribution is -2.29. The summed E-state index contributed by atoms with van der Waals surface area (Å²) in [6, 6.07) is 0. The van der Waals surface area contributed by atoms with E-state index < -0.39 is 37.8 Å². The molecule has 0 saturated heterocycles. The number of halogens is 9. The normalized spacial score (nSPS) is 12.5. The van der Waals surface area contributed by atoms with E-state index in [1.165, 1.54) is 0 Å². The molecule has 0 aliphatic carbocycles. The van der Waals surface area contributed by atoms with Crippen LogP contribution in [0, 0.1) is 0 Å². The number of nitrogens with zero attached hydrogens (tertiary/aromatic N) is 1. The Hall–Kier alpha value is -1.77. The molecule has 0 aromatic rings. The highest BCUT2D eigenvalue weighted by Crippen LogP contribution is 2.26. The summed E-state index contributed by atoms with van der Waals surface area (Å²) in [7, 11) is 0. The monoisotopic (exact) mass is 872 g/mol. The standard InChI is InChI=1S/C44H78F9NO5/c45-42(46,47)31-21-11-3-1-2-4-15-26-38-58-40(56)29-20-16-25-35-54(36-37-55)34-24-14-7-10-19-30-41(57)59-39(27-17-8-5-12-22-32-43(48,49)50)28-18-9-6-13-23-33-44(51,52)53/h39,55H,1-38H2. The van der Waals surface area contributed by atoms with Gasteiger partial charge in [-0.05, 0) is 90.1 Å². The topological polar surface area (TPSA) is 76.1 Å². The molecule has 0 aliphatic rings. The fraction of sp³-hybridized carbons (Fsp3) is 0.955. The second kappa shape index (κ2) is 36.8. The number of rotatable bonds is 41. The lowest BCUT2D eigenvalue weighted by Gasteiger charge is -2.21. The highest BCUT2D eigenvalue weighted by Gasteiger charge is 2.27. The van der Waals surface area contributed by atoms with Crippen molar-refractivity contribution in [1.82, 2.24) is 4.90 Å². The molecule has 0 fully saturated rings. The van der Waals surface area contributed by atoms with Gasteiger partial charge >= 0.3 is 30.5 Å². The number of hydrogen-bond donors (Lipinski definition) is 1. The van der Waals surface area contributed by atoms with Crippen LogP contribution < -0.4 is 0 Å². The molecule has 0 heterocycles. The summed E-state index contributed by atoms with van der Waals surface area (Å²) in [5.41, 5.74) is 0. The van der Waals surface area contributed by atoms with Gasteiger partial charge in [0.2, 0.25) is 0 Å². The molecule has 0 unspecified atom stereocenters. The van der Waals surface area contributed by atoms with E-state index in [0.717, 1.165) is 122 Å². The van der Waals surface area contributed by atoms with Crippen molar-refractivity contribution in [2.75, 3.05) is 32.8 Å². The van der Waals surface area contributed by atoms with E-state index in [-0.39, 0.29) is 43.9 Å². The predicted octanol–water partition coefficient (Wildman–Crippen LogP) is 14.3. The third-order valence-electron chi connectivity index (χ3n) is 10.5. The molecule has 0 atom stereocenters. The van der Waals surface area contributed by atoms with Crippen LogP contribution in [0.15, 0.2) is 0 Å². The number of aliphatic hydroxyl groups is 1. The number of ether oxygens (including phenoxy) is 2. The first kappa shape index (κ1) is 57.2. The number of unbranched alkanes of at least 4 members (excludes halogenated alkanes) is 21. The molecular weight excluding hydrogens is 793 g/mol. The number of hydrogen-bond acceptors (Lipinski definition) is 6. The quantitative estimate of drug-likeness (QED) is 0.0375. The molecule has 0 amide bonds. The van der Waals surface area contributed by atoms with E-state index >= 15 is 0 Å². The summed E-state index contributed by atoms with van der Waals surface area (Å²) in [6.07, 6.45) is 5.90. The lowest BCUT2D eigenvalue weighted by molar-refractivity contribution is -0.150. The van der Waals surface area contributed by atoms with Gasteiger partial charge in [0, 0.05) is 38.6 Å². The largest absolute Gasteiger partial charge is 0.466 e. The van der Waals surface area contributed by atoms with Crippen LogP contribution in [0.1, 0.15) is 212 Å². The molecule has 0 rings (SSSR count). The minimum atomic E-state index is -4.14. The fourth-order valence-electron chi connectivity index (χ4n) is 7.10. The second-order valence-corrected chi connectivity index (χ2v) is 16.3. The van der Waals surface area contributed by atoms with Gasteiger partial charge in [-0.2, -0.15) is 39.5 Å². The van der Waals surface area contributed by atoms with Crippen molar-refractivity contribution in [3.63, 3.8) is 0 Å². The van der Waals surface area contributed by atoms with Crippen molar-refractivity contribution in [2.45, 2.75) is 237 Å². The fourth-order valence-corrected chi connectivity index (χ4v) is 7.10. The first-order valence-corrected chi connectivity index (χ1v) is 22.9. The molecular formula is C44H78F9NO5. The number of alkyl halides is 9. The molecule has 0 aromatic heterocycles. The number of carbonyl (C=O) groups excluding carboxylic acids is 2. The molecule has 59 heavy (non-hydrogen) atoms. The van der Waals surface area contributed by atoms with Crippen LogP contribution in [0.4, 0.5) is 39.5 Å². The molecule has 0 aromatic carbocycles. The van der Waals surface area contributed by atoms with Gasteiger partial charge in [0.25, 0.3) is 0 Å². The van der Waals surface area contributed by atoms with Gasteiger partial charge in [0.05, 0.1) is 13.2 Å². The molecule has 0 radical (unpaired) electrons. The average Bonchev–Trinajstić information content (AvgIpc) is 3.14. The summed E-state index contributed by atoms with van der Waals surface area (Å²) in [5, 5.41) is 9.50. The van der Waals surface area contributed by atoms with Gasteiger partial charge in [-0.15, -0.1) is 0 Å². The molecule has 0 spiro atoms. The third kappa shape index (κ3) is 45.6. The molecule has 6 nitrogen and oxygen atoms in total. The predicted molar refractivity (Wildman–Crippen MR) is 215 cm³/mol. The SMILES string of the molecule is O=C(CCCCCN(CCO)CCCCCCCC(=O)OC(CCCCCCCC(F)(F)F)CCCCCCCC(F)(F)F)OCCCCCCCCCCC(F)(F)F. The Morgan fingerprint density at radius 2 is 0.763 bits per heavy atom. The first-order valence-electron chi connectivity index (χ1n) is 22.9. The molecule has 1 N–H and O–H groups in total. The number of esters is 2. The molecule has 0 aliphatic heterocycles. The van der Waals surface area contributed by atoms with Crippen LogP contribution in [0.2, 0.25) is 0 Å².